The van der Waals surface area contributed by atoms with Crippen LogP contribution in [0.2, 0.25) is 0 Å². The molecule has 128 valence electrons. The molecule has 0 bridgehead atoms. The molecule has 5 nitrogen and oxygen atoms in total. The fraction of sp³-hybridized carbons (Fsp3) is 0.474. The van der Waals surface area contributed by atoms with Gasteiger partial charge in [-0.25, -0.2) is 0 Å². The van der Waals surface area contributed by atoms with E-state index in [9.17, 15) is 4.79 Å². The molecule has 0 saturated carbocycles. The molecule has 1 atom stereocenters. The number of hydrogen-bond acceptors (Lipinski definition) is 3. The molecule has 5 heteroatoms. The summed E-state index contributed by atoms with van der Waals surface area (Å²) in [5.74, 6) is 0.562. The number of amides is 1. The zero-order valence-electron chi connectivity index (χ0n) is 14.4. The van der Waals surface area contributed by atoms with E-state index in [1.54, 1.807) is 6.20 Å². The zero-order valence-corrected chi connectivity index (χ0v) is 14.4. The van der Waals surface area contributed by atoms with E-state index in [-0.39, 0.29) is 12.0 Å². The smallest absolute Gasteiger partial charge is 0.223 e. The largest absolute Gasteiger partial charge is 0.368 e. The van der Waals surface area contributed by atoms with Crippen LogP contribution in [0.4, 0.5) is 0 Å². The number of rotatable bonds is 5. The van der Waals surface area contributed by atoms with Crippen molar-refractivity contribution in [2.45, 2.75) is 46.1 Å². The van der Waals surface area contributed by atoms with Crippen LogP contribution in [0.25, 0.3) is 0 Å². The van der Waals surface area contributed by atoms with Gasteiger partial charge in [-0.2, -0.15) is 0 Å². The highest BCUT2D eigenvalue weighted by Crippen LogP contribution is 2.18. The van der Waals surface area contributed by atoms with Crippen LogP contribution in [0.3, 0.4) is 0 Å². The van der Waals surface area contributed by atoms with Crippen LogP contribution >= 0.6 is 0 Å². The summed E-state index contributed by atoms with van der Waals surface area (Å²) in [7, 11) is 0. The van der Waals surface area contributed by atoms with E-state index in [0.717, 1.165) is 17.9 Å². The highest BCUT2D eigenvalue weighted by Gasteiger charge is 2.25. The van der Waals surface area contributed by atoms with Gasteiger partial charge in [0, 0.05) is 31.1 Å². The van der Waals surface area contributed by atoms with Crippen LogP contribution < -0.4 is 0 Å². The Balaban J connectivity index is 1.70. The maximum absolute atomic E-state index is 12.6. The van der Waals surface area contributed by atoms with E-state index in [2.05, 4.69) is 35.7 Å². The van der Waals surface area contributed by atoms with E-state index >= 15 is 0 Å². The van der Waals surface area contributed by atoms with Crippen LogP contribution in [0.5, 0.6) is 0 Å². The Bertz CT molecular complexity index is 666. The molecule has 1 aliphatic rings. The fourth-order valence-electron chi connectivity index (χ4n) is 3.01. The van der Waals surface area contributed by atoms with E-state index in [1.807, 2.05) is 29.2 Å². The average Bonchev–Trinajstić information content (AvgIpc) is 2.91. The lowest BCUT2D eigenvalue weighted by Gasteiger charge is -2.25. The minimum Gasteiger partial charge on any atom is -0.368 e. The predicted octanol–water partition coefficient (Wildman–Crippen LogP) is 2.86. The normalized spacial score (nSPS) is 17.6. The summed E-state index contributed by atoms with van der Waals surface area (Å²) in [4.78, 5) is 18.8. The topological polar surface area (TPSA) is 47.4 Å². The van der Waals surface area contributed by atoms with E-state index < -0.39 is 0 Å². The van der Waals surface area contributed by atoms with Crippen molar-refractivity contribution in [3.8, 4) is 0 Å². The molecule has 0 aliphatic carbocycles. The summed E-state index contributed by atoms with van der Waals surface area (Å²) in [6.45, 7) is 6.66. The van der Waals surface area contributed by atoms with Gasteiger partial charge in [0.15, 0.2) is 0 Å². The summed E-state index contributed by atoms with van der Waals surface area (Å²) < 4.78 is 8.27. The molecule has 2 aromatic heterocycles. The molecule has 3 rings (SSSR count). The molecular formula is C19H25N3O2. The first-order chi connectivity index (χ1) is 11.6. The van der Waals surface area contributed by atoms with Gasteiger partial charge in [-0.05, 0) is 30.2 Å². The maximum atomic E-state index is 12.6. The minimum absolute atomic E-state index is 0.0308. The van der Waals surface area contributed by atoms with Gasteiger partial charge in [-0.3, -0.25) is 9.78 Å². The van der Waals surface area contributed by atoms with Crippen LogP contribution in [0.15, 0.2) is 42.7 Å². The number of carbonyl (C=O) groups is 1. The first kappa shape index (κ1) is 16.7. The van der Waals surface area contributed by atoms with Crippen molar-refractivity contribution >= 4 is 5.91 Å². The van der Waals surface area contributed by atoms with Gasteiger partial charge < -0.3 is 14.2 Å². The second-order valence-electron chi connectivity index (χ2n) is 6.78. The Morgan fingerprint density at radius 2 is 2.17 bits per heavy atom. The Labute approximate surface area is 143 Å². The molecule has 0 radical (unpaired) electrons. The van der Waals surface area contributed by atoms with Crippen molar-refractivity contribution < 1.29 is 9.53 Å². The van der Waals surface area contributed by atoms with Gasteiger partial charge in [0.2, 0.25) is 5.91 Å². The standard InChI is InChI=1S/C19H25N3O2/c1-15(2)10-19(23)22-11-17-7-5-9-21(17)12-18(13-22)24-14-16-6-3-4-8-20-16/h3-9,15,18H,10-14H2,1-2H3. The van der Waals surface area contributed by atoms with E-state index in [1.165, 1.54) is 0 Å². The van der Waals surface area contributed by atoms with Gasteiger partial charge in [0.1, 0.15) is 0 Å². The van der Waals surface area contributed by atoms with Gasteiger partial charge in [0.25, 0.3) is 0 Å². The second kappa shape index (κ2) is 7.62. The molecule has 0 aromatic carbocycles. The molecule has 0 spiro atoms. The highest BCUT2D eigenvalue weighted by atomic mass is 16.5. The molecule has 0 N–H and O–H groups in total. The number of hydrogen-bond donors (Lipinski definition) is 0. The summed E-state index contributed by atoms with van der Waals surface area (Å²) in [6, 6.07) is 9.92. The number of ether oxygens (including phenoxy) is 1. The Hall–Kier alpha value is -2.14. The molecule has 24 heavy (non-hydrogen) atoms. The molecular weight excluding hydrogens is 302 g/mol. The van der Waals surface area contributed by atoms with Crippen molar-refractivity contribution in [2.24, 2.45) is 5.92 Å². The maximum Gasteiger partial charge on any atom is 0.223 e. The summed E-state index contributed by atoms with van der Waals surface area (Å²) >= 11 is 0. The van der Waals surface area contributed by atoms with Gasteiger partial charge >= 0.3 is 0 Å². The van der Waals surface area contributed by atoms with E-state index in [4.69, 9.17) is 4.74 Å². The predicted molar refractivity (Wildman–Crippen MR) is 92.1 cm³/mol. The monoisotopic (exact) mass is 327 g/mol. The minimum atomic E-state index is -0.0308. The number of aromatic nitrogens is 2. The molecule has 1 unspecified atom stereocenters. The van der Waals surface area contributed by atoms with E-state index in [0.29, 0.717) is 32.0 Å². The lowest BCUT2D eigenvalue weighted by Crippen LogP contribution is -2.37. The van der Waals surface area contributed by atoms with Crippen molar-refractivity contribution in [2.75, 3.05) is 6.54 Å². The third-order valence-electron chi connectivity index (χ3n) is 4.23. The molecule has 0 saturated heterocycles. The SMILES string of the molecule is CC(C)CC(=O)N1Cc2cccn2CC(OCc2ccccn2)C1. The molecule has 1 amide bonds. The van der Waals surface area contributed by atoms with Crippen LogP contribution in [-0.2, 0) is 29.2 Å². The first-order valence-electron chi connectivity index (χ1n) is 8.55. The summed E-state index contributed by atoms with van der Waals surface area (Å²) in [6.07, 6.45) is 4.38. The number of fused-ring (bicyclic) bond motifs is 1. The second-order valence-corrected chi connectivity index (χ2v) is 6.78. The summed E-state index contributed by atoms with van der Waals surface area (Å²) in [5.41, 5.74) is 2.07. The first-order valence-corrected chi connectivity index (χ1v) is 8.55. The van der Waals surface area contributed by atoms with Gasteiger partial charge in [0.05, 0.1) is 31.5 Å². The molecule has 0 fully saturated rings. The fourth-order valence-corrected chi connectivity index (χ4v) is 3.01. The quantitative estimate of drug-likeness (QED) is 0.848. The van der Waals surface area contributed by atoms with Crippen LogP contribution in [0, 0.1) is 5.92 Å². The molecule has 3 heterocycles. The van der Waals surface area contributed by atoms with Crippen molar-refractivity contribution in [1.29, 1.82) is 0 Å². The number of carbonyl (C=O) groups excluding carboxylic acids is 1. The third-order valence-corrected chi connectivity index (χ3v) is 4.23. The van der Waals surface area contributed by atoms with Crippen LogP contribution in [0.1, 0.15) is 31.7 Å². The molecule has 1 aliphatic heterocycles. The zero-order chi connectivity index (χ0) is 16.9. The van der Waals surface area contributed by atoms with Crippen molar-refractivity contribution in [1.82, 2.24) is 14.5 Å². The average molecular weight is 327 g/mol. The summed E-state index contributed by atoms with van der Waals surface area (Å²) in [5, 5.41) is 0. The Kier molecular flexibility index (Phi) is 5.30. The van der Waals surface area contributed by atoms with Crippen molar-refractivity contribution in [3.05, 3.63) is 54.1 Å². The van der Waals surface area contributed by atoms with Gasteiger partial charge in [-0.1, -0.05) is 19.9 Å². The number of pyridine rings is 1. The molecule has 2 aromatic rings. The number of nitrogens with zero attached hydrogens (tertiary/aromatic N) is 3. The van der Waals surface area contributed by atoms with Crippen LogP contribution in [-0.4, -0.2) is 33.0 Å². The third kappa shape index (κ3) is 4.23. The lowest BCUT2D eigenvalue weighted by molar-refractivity contribution is -0.134. The Morgan fingerprint density at radius 1 is 1.29 bits per heavy atom. The van der Waals surface area contributed by atoms with Gasteiger partial charge in [-0.15, -0.1) is 0 Å². The van der Waals surface area contributed by atoms with Crippen molar-refractivity contribution in [3.63, 3.8) is 0 Å². The Morgan fingerprint density at radius 3 is 2.92 bits per heavy atom. The lowest BCUT2D eigenvalue weighted by atomic mass is 10.1. The highest BCUT2D eigenvalue weighted by molar-refractivity contribution is 5.76.